The maximum atomic E-state index is 13.8. The number of amides is 2. The van der Waals surface area contributed by atoms with E-state index in [0.717, 1.165) is 0 Å². The molecule has 1 fully saturated rings. The predicted molar refractivity (Wildman–Crippen MR) is 146 cm³/mol. The van der Waals surface area contributed by atoms with Crippen molar-refractivity contribution in [2.45, 2.75) is 24.9 Å². The van der Waals surface area contributed by atoms with Crippen molar-refractivity contribution in [3.8, 4) is 17.2 Å². The molecule has 13 nitrogen and oxygen atoms in total. The van der Waals surface area contributed by atoms with Crippen molar-refractivity contribution < 1.29 is 49.1 Å². The molecule has 1 heterocycles. The van der Waals surface area contributed by atoms with Crippen LogP contribution in [0.3, 0.4) is 0 Å². The van der Waals surface area contributed by atoms with Gasteiger partial charge in [-0.3, -0.25) is 19.2 Å². The SMILES string of the molecule is CN(C)c1cc(NC(=O)c2ccc3c(c2)OCO3)c(O)c2c1CC1CC3CC(=O)C(C(N)=O)=C(O)C3(O)C(=O)C1=C2O. The fourth-order valence-corrected chi connectivity index (χ4v) is 6.40. The normalized spacial score (nSPS) is 24.2. The summed E-state index contributed by atoms with van der Waals surface area (Å²) in [5, 5.41) is 47.6. The van der Waals surface area contributed by atoms with E-state index < -0.39 is 70.1 Å². The number of phenolic OH excluding ortho intramolecular Hbond substituents is 1. The van der Waals surface area contributed by atoms with Crippen LogP contribution in [0, 0.1) is 11.8 Å². The van der Waals surface area contributed by atoms with Gasteiger partial charge in [0, 0.05) is 43.3 Å². The van der Waals surface area contributed by atoms with E-state index in [0.29, 0.717) is 22.7 Å². The van der Waals surface area contributed by atoms with Crippen LogP contribution >= 0.6 is 0 Å². The van der Waals surface area contributed by atoms with Crippen LogP contribution in [-0.4, -0.2) is 70.3 Å². The summed E-state index contributed by atoms with van der Waals surface area (Å²) in [6.45, 7) is 0.0233. The fraction of sp³-hybridized carbons (Fsp3) is 0.310. The first-order valence-corrected chi connectivity index (χ1v) is 13.1. The van der Waals surface area contributed by atoms with Crippen molar-refractivity contribution in [1.29, 1.82) is 0 Å². The summed E-state index contributed by atoms with van der Waals surface area (Å²) >= 11 is 0. The highest BCUT2D eigenvalue weighted by molar-refractivity contribution is 6.23. The number of nitrogens with two attached hydrogens (primary N) is 1. The zero-order valence-corrected chi connectivity index (χ0v) is 22.6. The van der Waals surface area contributed by atoms with Crippen LogP contribution in [0.1, 0.15) is 34.3 Å². The zero-order valence-electron chi connectivity index (χ0n) is 22.6. The number of ether oxygens (including phenoxy) is 2. The Kier molecular flexibility index (Phi) is 5.97. The third kappa shape index (κ3) is 3.73. The Balaban J connectivity index is 1.45. The van der Waals surface area contributed by atoms with Crippen molar-refractivity contribution in [3.63, 3.8) is 0 Å². The first kappa shape index (κ1) is 27.1. The molecule has 1 aliphatic heterocycles. The van der Waals surface area contributed by atoms with Crippen molar-refractivity contribution >= 4 is 40.5 Å². The van der Waals surface area contributed by atoms with Gasteiger partial charge in [-0.25, -0.2) is 0 Å². The number of aromatic hydroxyl groups is 1. The summed E-state index contributed by atoms with van der Waals surface area (Å²) in [7, 11) is 3.45. The van der Waals surface area contributed by atoms with Crippen LogP contribution < -0.4 is 25.4 Å². The van der Waals surface area contributed by atoms with Crippen LogP contribution in [0.2, 0.25) is 0 Å². The van der Waals surface area contributed by atoms with Crippen LogP contribution in [0.4, 0.5) is 11.4 Å². The lowest BCUT2D eigenvalue weighted by molar-refractivity contribution is -0.147. The molecule has 3 atom stereocenters. The monoisotopic (exact) mass is 577 g/mol. The average molecular weight is 578 g/mol. The fourth-order valence-electron chi connectivity index (χ4n) is 6.40. The Morgan fingerprint density at radius 1 is 1.07 bits per heavy atom. The second kappa shape index (κ2) is 9.24. The van der Waals surface area contributed by atoms with E-state index in [-0.39, 0.29) is 42.0 Å². The predicted octanol–water partition coefficient (Wildman–Crippen LogP) is 1.47. The summed E-state index contributed by atoms with van der Waals surface area (Å²) in [4.78, 5) is 53.0. The number of anilines is 2. The molecule has 7 N–H and O–H groups in total. The van der Waals surface area contributed by atoms with E-state index in [1.54, 1.807) is 25.1 Å². The molecule has 1 saturated carbocycles. The standard InChI is InChI=1S/C29H27N3O10/c1-32(2)16-9-15(31-28(39)11-3-4-18-19(7-11)42-10-41-18)23(34)21-14(16)6-12-5-13-8-17(33)22(27(30)38)26(37)29(13,40)25(36)20(12)24(21)35/h3-4,7,9,12-13,34-35,37,40H,5-6,8,10H2,1-2H3,(H2,30,38)(H,31,39). The first-order valence-electron chi connectivity index (χ1n) is 13.1. The van der Waals surface area contributed by atoms with Crippen molar-refractivity contribution in [2.75, 3.05) is 31.1 Å². The Hall–Kier alpha value is -5.04. The number of benzene rings is 2. The van der Waals surface area contributed by atoms with Crippen molar-refractivity contribution in [2.24, 2.45) is 17.6 Å². The van der Waals surface area contributed by atoms with Gasteiger partial charge >= 0.3 is 0 Å². The zero-order chi connectivity index (χ0) is 30.2. The molecule has 3 unspecified atom stereocenters. The van der Waals surface area contributed by atoms with Crippen LogP contribution in [0.15, 0.2) is 41.2 Å². The first-order chi connectivity index (χ1) is 19.8. The highest BCUT2D eigenvalue weighted by Crippen LogP contribution is 2.54. The number of nitrogens with one attached hydrogen (secondary N) is 1. The number of aliphatic hydroxyl groups excluding tert-OH is 2. The molecular formula is C29H27N3O10. The smallest absolute Gasteiger partial charge is 0.255 e. The van der Waals surface area contributed by atoms with E-state index in [2.05, 4.69) is 5.32 Å². The van der Waals surface area contributed by atoms with Gasteiger partial charge in [0.2, 0.25) is 12.6 Å². The highest BCUT2D eigenvalue weighted by Gasteiger charge is 2.60. The Bertz CT molecular complexity index is 1690. The third-order valence-electron chi connectivity index (χ3n) is 8.40. The minimum absolute atomic E-state index is 0.0130. The Morgan fingerprint density at radius 2 is 1.79 bits per heavy atom. The molecule has 4 aliphatic rings. The summed E-state index contributed by atoms with van der Waals surface area (Å²) in [6, 6.07) is 6.11. The lowest BCUT2D eigenvalue weighted by Crippen LogP contribution is -2.58. The number of nitrogens with zero attached hydrogens (tertiary/aromatic N) is 1. The molecule has 0 aromatic heterocycles. The largest absolute Gasteiger partial charge is 0.508 e. The minimum atomic E-state index is -2.67. The van der Waals surface area contributed by atoms with Crippen molar-refractivity contribution in [3.05, 3.63) is 57.9 Å². The quantitative estimate of drug-likeness (QED) is 0.226. The number of phenols is 1. The van der Waals surface area contributed by atoms with Gasteiger partial charge in [-0.1, -0.05) is 0 Å². The van der Waals surface area contributed by atoms with Gasteiger partial charge in [0.1, 0.15) is 22.8 Å². The van der Waals surface area contributed by atoms with Crippen LogP contribution in [-0.2, 0) is 20.8 Å². The van der Waals surface area contributed by atoms with E-state index in [1.807, 2.05) is 0 Å². The molecule has 2 amide bonds. The summed E-state index contributed by atoms with van der Waals surface area (Å²) in [5.41, 5.74) is 2.46. The van der Waals surface area contributed by atoms with Gasteiger partial charge < -0.3 is 45.9 Å². The maximum absolute atomic E-state index is 13.8. The highest BCUT2D eigenvalue weighted by atomic mass is 16.7. The number of Topliss-reactive ketones (excluding diaryl/α,β-unsaturated/α-hetero) is 2. The number of ketones is 2. The maximum Gasteiger partial charge on any atom is 0.255 e. The molecule has 6 rings (SSSR count). The number of hydrogen-bond donors (Lipinski definition) is 6. The van der Waals surface area contributed by atoms with Gasteiger partial charge in [0.15, 0.2) is 22.9 Å². The lowest BCUT2D eigenvalue weighted by Gasteiger charge is -2.46. The molecule has 0 spiro atoms. The summed E-state index contributed by atoms with van der Waals surface area (Å²) in [5.74, 6) is -6.98. The topological polar surface area (TPSA) is 209 Å². The number of hydrogen-bond acceptors (Lipinski definition) is 11. The molecule has 218 valence electrons. The molecule has 42 heavy (non-hydrogen) atoms. The molecule has 0 radical (unpaired) electrons. The summed E-state index contributed by atoms with van der Waals surface area (Å²) in [6.07, 6.45) is -0.260. The Morgan fingerprint density at radius 3 is 2.48 bits per heavy atom. The van der Waals surface area contributed by atoms with Crippen LogP contribution in [0.5, 0.6) is 17.2 Å². The van der Waals surface area contributed by atoms with E-state index >= 15 is 0 Å². The number of primary amides is 1. The van der Waals surface area contributed by atoms with Gasteiger partial charge in [0.05, 0.1) is 11.3 Å². The van der Waals surface area contributed by atoms with E-state index in [4.69, 9.17) is 15.2 Å². The molecule has 0 saturated heterocycles. The number of fused-ring (bicyclic) bond motifs is 4. The molecule has 0 bridgehead atoms. The molecule has 13 heteroatoms. The number of rotatable bonds is 4. The number of carbonyl (C=O) groups excluding carboxylic acids is 4. The molecule has 3 aliphatic carbocycles. The second-order valence-electron chi connectivity index (χ2n) is 11.0. The van der Waals surface area contributed by atoms with Gasteiger partial charge in [-0.05, 0) is 48.6 Å². The molecule has 2 aromatic carbocycles. The van der Waals surface area contributed by atoms with E-state index in [9.17, 15) is 39.6 Å². The van der Waals surface area contributed by atoms with Crippen LogP contribution in [0.25, 0.3) is 5.76 Å². The van der Waals surface area contributed by atoms with E-state index in [1.165, 1.54) is 18.2 Å². The van der Waals surface area contributed by atoms with Gasteiger partial charge in [0.25, 0.3) is 11.8 Å². The number of aliphatic hydroxyl groups is 3. The Labute approximate surface area is 238 Å². The molecule has 2 aromatic rings. The second-order valence-corrected chi connectivity index (χ2v) is 11.0. The number of carbonyl (C=O) groups is 4. The van der Waals surface area contributed by atoms with Gasteiger partial charge in [-0.15, -0.1) is 0 Å². The average Bonchev–Trinajstić information content (AvgIpc) is 3.40. The van der Waals surface area contributed by atoms with Crippen molar-refractivity contribution in [1.82, 2.24) is 0 Å². The lowest BCUT2D eigenvalue weighted by atomic mass is 9.59. The molecular weight excluding hydrogens is 550 g/mol. The third-order valence-corrected chi connectivity index (χ3v) is 8.40. The minimum Gasteiger partial charge on any atom is -0.508 e. The summed E-state index contributed by atoms with van der Waals surface area (Å²) < 4.78 is 10.6. The van der Waals surface area contributed by atoms with Gasteiger partial charge in [-0.2, -0.15) is 0 Å².